The third-order valence-corrected chi connectivity index (χ3v) is 5.82. The number of rotatable bonds is 3. The second-order valence-electron chi connectivity index (χ2n) is 5.30. The van der Waals surface area contributed by atoms with E-state index in [1.807, 2.05) is 13.8 Å². The van der Waals surface area contributed by atoms with Crippen LogP contribution in [0.2, 0.25) is 0 Å². The third-order valence-electron chi connectivity index (χ3n) is 3.61. The van der Waals surface area contributed by atoms with Gasteiger partial charge in [-0.3, -0.25) is 0 Å². The molecule has 0 bridgehead atoms. The normalized spacial score (nSPS) is 11.6. The fourth-order valence-corrected chi connectivity index (χ4v) is 4.83. The maximum Gasteiger partial charge on any atom is 0.126 e. The Bertz CT molecular complexity index is 1020. The van der Waals surface area contributed by atoms with Crippen molar-refractivity contribution in [3.63, 3.8) is 0 Å². The number of thioether (sulfide) groups is 1. The fraction of sp³-hybridized carbons (Fsp3) is 0.267. The maximum absolute atomic E-state index is 4.74. The average molecular weight is 343 g/mol. The van der Waals surface area contributed by atoms with E-state index in [1.54, 1.807) is 29.4 Å². The lowest BCUT2D eigenvalue weighted by Crippen LogP contribution is -1.88. The van der Waals surface area contributed by atoms with Crippen LogP contribution in [-0.4, -0.2) is 25.3 Å². The Hall–Kier alpha value is -2.06. The first-order valence-electron chi connectivity index (χ1n) is 7.06. The van der Waals surface area contributed by atoms with Crippen LogP contribution in [0.1, 0.15) is 22.6 Å². The molecule has 4 heterocycles. The van der Waals surface area contributed by atoms with Gasteiger partial charge in [0.25, 0.3) is 0 Å². The van der Waals surface area contributed by atoms with E-state index in [2.05, 4.69) is 38.3 Å². The van der Waals surface area contributed by atoms with Gasteiger partial charge in [0.2, 0.25) is 0 Å². The molecule has 0 aliphatic rings. The molecule has 0 N–H and O–H groups in total. The first-order chi connectivity index (χ1) is 11.1. The van der Waals surface area contributed by atoms with E-state index in [4.69, 9.17) is 4.63 Å². The van der Waals surface area contributed by atoms with Crippen molar-refractivity contribution in [3.8, 4) is 0 Å². The molecular weight excluding hydrogens is 330 g/mol. The summed E-state index contributed by atoms with van der Waals surface area (Å²) in [5.74, 6) is 0.668. The highest BCUT2D eigenvalue weighted by atomic mass is 32.2. The molecule has 4 aromatic heterocycles. The Morgan fingerprint density at radius 1 is 1.17 bits per heavy atom. The number of thiophene rings is 1. The van der Waals surface area contributed by atoms with E-state index in [-0.39, 0.29) is 0 Å². The number of aryl methyl sites for hydroxylation is 3. The molecule has 4 aromatic rings. The first-order valence-corrected chi connectivity index (χ1v) is 8.86. The van der Waals surface area contributed by atoms with Crippen LogP contribution in [0.4, 0.5) is 0 Å². The Balaban J connectivity index is 1.81. The number of pyridine rings is 1. The lowest BCUT2D eigenvalue weighted by molar-refractivity contribution is 0.302. The smallest absolute Gasteiger partial charge is 0.126 e. The van der Waals surface area contributed by atoms with Crippen LogP contribution >= 0.6 is 23.1 Å². The van der Waals surface area contributed by atoms with E-state index in [9.17, 15) is 0 Å². The van der Waals surface area contributed by atoms with Crippen LogP contribution in [0.5, 0.6) is 0 Å². The first kappa shape index (κ1) is 14.5. The molecule has 0 saturated carbocycles. The predicted octanol–water partition coefficient (Wildman–Crippen LogP) is 3.84. The minimum atomic E-state index is 0.668. The molecule has 8 heteroatoms. The van der Waals surface area contributed by atoms with E-state index in [1.165, 1.54) is 5.56 Å². The molecule has 0 unspecified atom stereocenters. The average Bonchev–Trinajstić information content (AvgIpc) is 3.08. The van der Waals surface area contributed by atoms with Gasteiger partial charge in [0.15, 0.2) is 0 Å². The largest absolute Gasteiger partial charge is 0.244 e. The Kier molecular flexibility index (Phi) is 3.50. The fourth-order valence-electron chi connectivity index (χ4n) is 2.51. The summed E-state index contributed by atoms with van der Waals surface area (Å²) >= 11 is 3.26. The maximum atomic E-state index is 4.74. The predicted molar refractivity (Wildman–Crippen MR) is 90.8 cm³/mol. The summed E-state index contributed by atoms with van der Waals surface area (Å²) in [4.78, 5) is 14.6. The van der Waals surface area contributed by atoms with Crippen LogP contribution < -0.4 is 0 Å². The summed E-state index contributed by atoms with van der Waals surface area (Å²) in [6, 6.07) is 2.09. The molecule has 0 atom stereocenters. The van der Waals surface area contributed by atoms with Crippen molar-refractivity contribution in [1.29, 1.82) is 0 Å². The van der Waals surface area contributed by atoms with Crippen LogP contribution in [-0.2, 0) is 5.75 Å². The van der Waals surface area contributed by atoms with Crippen molar-refractivity contribution >= 4 is 43.5 Å². The Labute approximate surface area is 140 Å². The highest BCUT2D eigenvalue weighted by molar-refractivity contribution is 7.98. The molecular formula is C15H13N5OS2. The number of hydrogen-bond acceptors (Lipinski definition) is 8. The number of fused-ring (bicyclic) bond motifs is 3. The van der Waals surface area contributed by atoms with Crippen molar-refractivity contribution < 1.29 is 4.63 Å². The van der Waals surface area contributed by atoms with E-state index in [0.29, 0.717) is 5.75 Å². The molecule has 116 valence electrons. The molecule has 0 amide bonds. The van der Waals surface area contributed by atoms with Crippen LogP contribution in [0, 0.1) is 20.8 Å². The van der Waals surface area contributed by atoms with Gasteiger partial charge in [-0.25, -0.2) is 19.6 Å². The van der Waals surface area contributed by atoms with Gasteiger partial charge in [-0.15, -0.1) is 11.3 Å². The van der Waals surface area contributed by atoms with Crippen molar-refractivity contribution in [2.75, 3.05) is 0 Å². The van der Waals surface area contributed by atoms with E-state index < -0.39 is 0 Å². The van der Waals surface area contributed by atoms with Gasteiger partial charge in [0.1, 0.15) is 27.6 Å². The molecule has 23 heavy (non-hydrogen) atoms. The van der Waals surface area contributed by atoms with Gasteiger partial charge < -0.3 is 0 Å². The molecule has 0 aliphatic heterocycles. The summed E-state index contributed by atoms with van der Waals surface area (Å²) < 4.78 is 5.82. The van der Waals surface area contributed by atoms with Gasteiger partial charge in [-0.1, -0.05) is 22.1 Å². The number of hydrogen-bond donors (Lipinski definition) is 0. The van der Waals surface area contributed by atoms with Gasteiger partial charge in [0, 0.05) is 16.8 Å². The quantitative estimate of drug-likeness (QED) is 0.413. The standard InChI is InChI=1S/C15H13N5OS2/c1-7-4-8(2)18-14-11(7)12-13(23-14)15(17-6-16-12)22-5-10-9(3)19-21-20-10/h4,6H,5H2,1-3H3. The summed E-state index contributed by atoms with van der Waals surface area (Å²) in [6.07, 6.45) is 1.62. The lowest BCUT2D eigenvalue weighted by atomic mass is 10.1. The summed E-state index contributed by atoms with van der Waals surface area (Å²) in [5, 5.41) is 9.79. The second kappa shape index (κ2) is 5.54. The van der Waals surface area contributed by atoms with Crippen molar-refractivity contribution in [2.24, 2.45) is 0 Å². The molecule has 0 saturated heterocycles. The van der Waals surface area contributed by atoms with Crippen molar-refractivity contribution in [2.45, 2.75) is 31.6 Å². The van der Waals surface area contributed by atoms with Crippen molar-refractivity contribution in [3.05, 3.63) is 35.0 Å². The van der Waals surface area contributed by atoms with E-state index in [0.717, 1.165) is 42.5 Å². The summed E-state index contributed by atoms with van der Waals surface area (Å²) in [7, 11) is 0. The molecule has 0 radical (unpaired) electrons. The SMILES string of the molecule is Cc1cc(C)c2c(n1)sc1c(SCc3nonc3C)ncnc12. The second-order valence-corrected chi connectivity index (χ2v) is 7.27. The molecule has 6 nitrogen and oxygen atoms in total. The van der Waals surface area contributed by atoms with Crippen LogP contribution in [0.25, 0.3) is 20.4 Å². The lowest BCUT2D eigenvalue weighted by Gasteiger charge is -2.00. The molecule has 0 aromatic carbocycles. The van der Waals surface area contributed by atoms with Gasteiger partial charge in [-0.05, 0) is 32.4 Å². The zero-order chi connectivity index (χ0) is 16.0. The Morgan fingerprint density at radius 2 is 2.04 bits per heavy atom. The molecule has 0 aliphatic carbocycles. The molecule has 0 fully saturated rings. The van der Waals surface area contributed by atoms with Crippen molar-refractivity contribution in [1.82, 2.24) is 25.3 Å². The molecule has 0 spiro atoms. The van der Waals surface area contributed by atoms with E-state index >= 15 is 0 Å². The zero-order valence-electron chi connectivity index (χ0n) is 12.8. The van der Waals surface area contributed by atoms with Gasteiger partial charge in [0.05, 0.1) is 10.2 Å². The third kappa shape index (κ3) is 2.47. The number of aromatic nitrogens is 5. The minimum Gasteiger partial charge on any atom is -0.244 e. The van der Waals surface area contributed by atoms with Crippen LogP contribution in [0.15, 0.2) is 22.0 Å². The molecule has 4 rings (SSSR count). The zero-order valence-corrected chi connectivity index (χ0v) is 14.5. The monoisotopic (exact) mass is 343 g/mol. The van der Waals surface area contributed by atoms with Crippen LogP contribution in [0.3, 0.4) is 0 Å². The summed E-state index contributed by atoms with van der Waals surface area (Å²) in [6.45, 7) is 6.00. The summed E-state index contributed by atoms with van der Waals surface area (Å²) in [5.41, 5.74) is 4.85. The number of nitrogens with zero attached hydrogens (tertiary/aromatic N) is 5. The van der Waals surface area contributed by atoms with Gasteiger partial charge in [-0.2, -0.15) is 0 Å². The van der Waals surface area contributed by atoms with Gasteiger partial charge >= 0.3 is 0 Å². The Morgan fingerprint density at radius 3 is 2.83 bits per heavy atom. The minimum absolute atomic E-state index is 0.668. The highest BCUT2D eigenvalue weighted by Gasteiger charge is 2.16. The highest BCUT2D eigenvalue weighted by Crippen LogP contribution is 2.38. The topological polar surface area (TPSA) is 77.6 Å².